The van der Waals surface area contributed by atoms with E-state index in [9.17, 15) is 18.8 Å². The third-order valence-electron chi connectivity index (χ3n) is 4.65. The number of carbonyl (C=O) groups excluding carboxylic acids is 3. The third kappa shape index (κ3) is 2.97. The molecule has 138 valence electrons. The number of fused-ring (bicyclic) bond motifs is 1. The third-order valence-corrected chi connectivity index (χ3v) is 4.65. The predicted octanol–water partition coefficient (Wildman–Crippen LogP) is 1.20. The van der Waals surface area contributed by atoms with Crippen LogP contribution in [0, 0.1) is 5.82 Å². The zero-order chi connectivity index (χ0) is 19.0. The number of nitrogens with one attached hydrogen (secondary N) is 2. The van der Waals surface area contributed by atoms with Gasteiger partial charge in [-0.15, -0.1) is 0 Å². The molecule has 0 atom stereocenters. The topological polar surface area (TPSA) is 102 Å². The van der Waals surface area contributed by atoms with Crippen molar-refractivity contribution < 1.29 is 18.8 Å². The van der Waals surface area contributed by atoms with Crippen LogP contribution in [0.25, 0.3) is 10.9 Å². The lowest BCUT2D eigenvalue weighted by Crippen LogP contribution is -2.52. The summed E-state index contributed by atoms with van der Waals surface area (Å²) in [5.41, 5.74) is 0.474. The van der Waals surface area contributed by atoms with Crippen molar-refractivity contribution in [1.29, 1.82) is 0 Å². The van der Waals surface area contributed by atoms with Crippen LogP contribution < -0.4 is 0 Å². The van der Waals surface area contributed by atoms with Crippen molar-refractivity contribution in [1.82, 2.24) is 24.8 Å². The summed E-state index contributed by atoms with van der Waals surface area (Å²) in [7, 11) is 0. The van der Waals surface area contributed by atoms with E-state index >= 15 is 0 Å². The van der Waals surface area contributed by atoms with Gasteiger partial charge in [0.15, 0.2) is 5.82 Å². The molecule has 3 aromatic rings. The van der Waals surface area contributed by atoms with Gasteiger partial charge in [-0.3, -0.25) is 14.4 Å². The van der Waals surface area contributed by atoms with Gasteiger partial charge in [0.25, 0.3) is 17.6 Å². The fraction of sp³-hybridized carbons (Fsp3) is 0.222. The second-order valence-electron chi connectivity index (χ2n) is 6.22. The Morgan fingerprint density at radius 3 is 2.48 bits per heavy atom. The lowest BCUT2D eigenvalue weighted by atomic mass is 10.1. The van der Waals surface area contributed by atoms with E-state index in [0.29, 0.717) is 18.6 Å². The van der Waals surface area contributed by atoms with Gasteiger partial charge < -0.3 is 19.8 Å². The maximum Gasteiger partial charge on any atom is 0.295 e. The van der Waals surface area contributed by atoms with E-state index in [2.05, 4.69) is 15.0 Å². The van der Waals surface area contributed by atoms with Crippen molar-refractivity contribution in [2.75, 3.05) is 26.2 Å². The van der Waals surface area contributed by atoms with Gasteiger partial charge >= 0.3 is 0 Å². The number of benzene rings is 1. The summed E-state index contributed by atoms with van der Waals surface area (Å²) in [5, 5.41) is 0.113. The Bertz CT molecular complexity index is 1020. The fourth-order valence-corrected chi connectivity index (χ4v) is 3.22. The summed E-state index contributed by atoms with van der Waals surface area (Å²) in [4.78, 5) is 49.9. The minimum atomic E-state index is -0.767. The van der Waals surface area contributed by atoms with E-state index in [1.165, 1.54) is 29.4 Å². The molecule has 1 aliphatic rings. The van der Waals surface area contributed by atoms with Crippen molar-refractivity contribution in [3.05, 3.63) is 54.0 Å². The van der Waals surface area contributed by atoms with Crippen LogP contribution in [-0.2, 0) is 4.79 Å². The molecule has 4 rings (SSSR count). The Labute approximate surface area is 153 Å². The van der Waals surface area contributed by atoms with E-state index in [-0.39, 0.29) is 35.8 Å². The molecule has 27 heavy (non-hydrogen) atoms. The van der Waals surface area contributed by atoms with Gasteiger partial charge in [0.1, 0.15) is 5.82 Å². The second-order valence-corrected chi connectivity index (χ2v) is 6.22. The Hall–Kier alpha value is -3.49. The Kier molecular flexibility index (Phi) is 4.19. The van der Waals surface area contributed by atoms with Gasteiger partial charge in [-0.1, -0.05) is 6.07 Å². The molecule has 2 amide bonds. The van der Waals surface area contributed by atoms with Crippen LogP contribution in [0.3, 0.4) is 0 Å². The van der Waals surface area contributed by atoms with Gasteiger partial charge in [0.2, 0.25) is 0 Å². The summed E-state index contributed by atoms with van der Waals surface area (Å²) >= 11 is 0. The lowest BCUT2D eigenvalue weighted by Gasteiger charge is -2.33. The number of halogens is 1. The number of hydrogen-bond acceptors (Lipinski definition) is 4. The number of Topliss-reactive ketones (excluding diaryl/α,β-unsaturated/α-hetero) is 1. The van der Waals surface area contributed by atoms with Gasteiger partial charge in [0.05, 0.1) is 5.56 Å². The van der Waals surface area contributed by atoms with E-state index in [1.807, 2.05) is 0 Å². The summed E-state index contributed by atoms with van der Waals surface area (Å²) < 4.78 is 14.1. The first-order chi connectivity index (χ1) is 13.1. The summed E-state index contributed by atoms with van der Waals surface area (Å²) in [6, 6.07) is 4.41. The van der Waals surface area contributed by atoms with Crippen molar-refractivity contribution in [2.45, 2.75) is 0 Å². The monoisotopic (exact) mass is 369 g/mol. The molecule has 0 unspecified atom stereocenters. The quantitative estimate of drug-likeness (QED) is 0.535. The highest BCUT2D eigenvalue weighted by Crippen LogP contribution is 2.22. The van der Waals surface area contributed by atoms with E-state index in [1.54, 1.807) is 17.2 Å². The van der Waals surface area contributed by atoms with Crippen LogP contribution >= 0.6 is 0 Å². The number of amides is 2. The zero-order valence-corrected chi connectivity index (χ0v) is 14.2. The molecule has 0 radical (unpaired) electrons. The number of aromatic nitrogens is 3. The number of nitrogens with zero attached hydrogens (tertiary/aromatic N) is 3. The average molecular weight is 369 g/mol. The molecule has 1 fully saturated rings. The van der Waals surface area contributed by atoms with Gasteiger partial charge in [0, 0.05) is 55.7 Å². The van der Waals surface area contributed by atoms with Crippen LogP contribution in [0.5, 0.6) is 0 Å². The molecule has 0 spiro atoms. The van der Waals surface area contributed by atoms with Crippen LogP contribution in [-0.4, -0.2) is 68.5 Å². The minimum absolute atomic E-state index is 0.0159. The highest BCUT2D eigenvalue weighted by atomic mass is 19.1. The fourth-order valence-electron chi connectivity index (χ4n) is 3.22. The first-order valence-corrected chi connectivity index (χ1v) is 8.44. The minimum Gasteiger partial charge on any atom is -0.360 e. The Morgan fingerprint density at radius 1 is 1.04 bits per heavy atom. The van der Waals surface area contributed by atoms with Crippen LogP contribution in [0.2, 0.25) is 0 Å². The predicted molar refractivity (Wildman–Crippen MR) is 93.7 cm³/mol. The molecular formula is C18H16FN5O3. The zero-order valence-electron chi connectivity index (χ0n) is 14.2. The molecule has 3 heterocycles. The molecule has 1 aromatic carbocycles. The normalized spacial score (nSPS) is 14.6. The Morgan fingerprint density at radius 2 is 1.78 bits per heavy atom. The first-order valence-electron chi connectivity index (χ1n) is 8.44. The molecule has 0 saturated carbocycles. The number of aromatic amines is 2. The highest BCUT2D eigenvalue weighted by Gasteiger charge is 2.31. The number of ketones is 1. The molecular weight excluding hydrogens is 353 g/mol. The molecule has 9 heteroatoms. The smallest absolute Gasteiger partial charge is 0.295 e. The summed E-state index contributed by atoms with van der Waals surface area (Å²) in [6.45, 7) is 1.03. The van der Waals surface area contributed by atoms with Gasteiger partial charge in [-0.25, -0.2) is 9.37 Å². The molecule has 1 saturated heterocycles. The van der Waals surface area contributed by atoms with Gasteiger partial charge in [-0.05, 0) is 12.1 Å². The molecule has 2 aromatic heterocycles. The number of rotatable bonds is 3. The van der Waals surface area contributed by atoms with Crippen LogP contribution in [0.4, 0.5) is 4.39 Å². The number of imidazole rings is 1. The first kappa shape index (κ1) is 17.0. The standard InChI is InChI=1S/C18H16FN5O3/c19-12-2-1-3-13-14(12)11(10-22-13)15(25)17(26)23-6-8-24(9-7-23)18(27)16-20-4-5-21-16/h1-5,10,22H,6-9H2,(H,20,21). The van der Waals surface area contributed by atoms with Crippen LogP contribution in [0.1, 0.15) is 21.0 Å². The number of H-pyrrole nitrogens is 2. The Balaban J connectivity index is 1.46. The van der Waals surface area contributed by atoms with E-state index < -0.39 is 17.5 Å². The number of carbonyl (C=O) groups is 3. The van der Waals surface area contributed by atoms with Crippen molar-refractivity contribution in [3.8, 4) is 0 Å². The van der Waals surface area contributed by atoms with Crippen LogP contribution in [0.15, 0.2) is 36.8 Å². The molecule has 0 bridgehead atoms. The highest BCUT2D eigenvalue weighted by molar-refractivity contribution is 6.44. The number of hydrogen-bond donors (Lipinski definition) is 2. The van der Waals surface area contributed by atoms with E-state index in [0.717, 1.165) is 0 Å². The molecule has 1 aliphatic heterocycles. The maximum absolute atomic E-state index is 14.1. The summed E-state index contributed by atoms with van der Waals surface area (Å²) in [6.07, 6.45) is 4.41. The number of piperazine rings is 1. The average Bonchev–Trinajstić information content (AvgIpc) is 3.37. The SMILES string of the molecule is O=C(C(=O)N1CCN(C(=O)c2ncc[nH]2)CC1)c1c[nH]c2cccc(F)c12. The van der Waals surface area contributed by atoms with Crippen molar-refractivity contribution in [3.63, 3.8) is 0 Å². The second kappa shape index (κ2) is 6.67. The van der Waals surface area contributed by atoms with Crippen molar-refractivity contribution >= 4 is 28.5 Å². The molecule has 8 nitrogen and oxygen atoms in total. The summed E-state index contributed by atoms with van der Waals surface area (Å²) in [5.74, 6) is -2.04. The van der Waals surface area contributed by atoms with Crippen molar-refractivity contribution in [2.24, 2.45) is 0 Å². The maximum atomic E-state index is 14.1. The van der Waals surface area contributed by atoms with Gasteiger partial charge in [-0.2, -0.15) is 0 Å². The molecule has 0 aliphatic carbocycles. The largest absolute Gasteiger partial charge is 0.360 e. The lowest BCUT2D eigenvalue weighted by molar-refractivity contribution is -0.127. The molecule has 2 N–H and O–H groups in total. The van der Waals surface area contributed by atoms with E-state index in [4.69, 9.17) is 0 Å².